The molecule has 154 valence electrons. The summed E-state index contributed by atoms with van der Waals surface area (Å²) in [6.07, 6.45) is 0.642. The van der Waals surface area contributed by atoms with Crippen molar-refractivity contribution in [1.82, 2.24) is 9.55 Å². The Hall–Kier alpha value is -2.51. The Bertz CT molecular complexity index is 1220. The Morgan fingerprint density at radius 2 is 1.97 bits per heavy atom. The van der Waals surface area contributed by atoms with Gasteiger partial charge in [0.05, 0.1) is 37.6 Å². The zero-order valence-corrected chi connectivity index (χ0v) is 18.0. The molecule has 2 heterocycles. The largest absolute Gasteiger partial charge is 0.389 e. The second-order valence-electron chi connectivity index (χ2n) is 7.16. The Labute approximate surface area is 183 Å². The van der Waals surface area contributed by atoms with E-state index in [1.165, 1.54) is 22.2 Å². The lowest BCUT2D eigenvalue weighted by Gasteiger charge is -2.13. The fourth-order valence-corrected chi connectivity index (χ4v) is 4.34. The maximum atomic E-state index is 13.1. The number of halogens is 1. The summed E-state index contributed by atoms with van der Waals surface area (Å²) >= 11 is 7.56. The van der Waals surface area contributed by atoms with Gasteiger partial charge in [0.25, 0.3) is 5.56 Å². The van der Waals surface area contributed by atoms with E-state index >= 15 is 0 Å². The molecule has 0 amide bonds. The minimum atomic E-state index is -0.842. The summed E-state index contributed by atoms with van der Waals surface area (Å²) in [7, 11) is 0. The van der Waals surface area contributed by atoms with Crippen molar-refractivity contribution in [3.8, 4) is 11.1 Å². The van der Waals surface area contributed by atoms with Crippen molar-refractivity contribution in [1.29, 1.82) is 0 Å². The molecule has 4 aromatic rings. The molecule has 0 spiro atoms. The SMILES string of the molecule is Cc1ccc(-c2csc3ncn(CC(O)COCc4ccccc4Cl)c(=O)c23)cc1. The molecule has 0 aliphatic heterocycles. The molecular formula is C23H21ClN2O3S. The van der Waals surface area contributed by atoms with E-state index in [0.29, 0.717) is 21.8 Å². The molecule has 1 atom stereocenters. The molecule has 0 aliphatic carbocycles. The van der Waals surface area contributed by atoms with E-state index < -0.39 is 6.10 Å². The fraction of sp³-hybridized carbons (Fsp3) is 0.217. The number of aromatic nitrogens is 2. The zero-order chi connectivity index (χ0) is 21.1. The van der Waals surface area contributed by atoms with Crippen LogP contribution >= 0.6 is 22.9 Å². The van der Waals surface area contributed by atoms with Crippen molar-refractivity contribution < 1.29 is 9.84 Å². The molecule has 0 fully saturated rings. The molecule has 4 rings (SSSR count). The van der Waals surface area contributed by atoms with Crippen LogP contribution in [0, 0.1) is 6.92 Å². The third-order valence-electron chi connectivity index (χ3n) is 4.86. The summed E-state index contributed by atoms with van der Waals surface area (Å²) in [5.74, 6) is 0. The topological polar surface area (TPSA) is 64.3 Å². The van der Waals surface area contributed by atoms with Crippen LogP contribution in [0.15, 0.2) is 65.0 Å². The molecule has 30 heavy (non-hydrogen) atoms. The summed E-state index contributed by atoms with van der Waals surface area (Å²) in [6.45, 7) is 2.52. The molecule has 0 bridgehead atoms. The monoisotopic (exact) mass is 440 g/mol. The van der Waals surface area contributed by atoms with Gasteiger partial charge in [-0.15, -0.1) is 11.3 Å². The first kappa shape index (κ1) is 20.8. The van der Waals surface area contributed by atoms with Crippen LogP contribution in [0.4, 0.5) is 0 Å². The average molecular weight is 441 g/mol. The highest BCUT2D eigenvalue weighted by molar-refractivity contribution is 7.17. The van der Waals surface area contributed by atoms with Crippen LogP contribution in [0.2, 0.25) is 5.02 Å². The van der Waals surface area contributed by atoms with E-state index in [1.807, 2.05) is 54.8 Å². The highest BCUT2D eigenvalue weighted by Crippen LogP contribution is 2.30. The lowest BCUT2D eigenvalue weighted by Crippen LogP contribution is -2.29. The van der Waals surface area contributed by atoms with Gasteiger partial charge in [-0.25, -0.2) is 4.98 Å². The van der Waals surface area contributed by atoms with Gasteiger partial charge in [0.15, 0.2) is 0 Å². The van der Waals surface area contributed by atoms with Crippen molar-refractivity contribution >= 4 is 33.2 Å². The summed E-state index contributed by atoms with van der Waals surface area (Å²) in [5, 5.41) is 13.5. The second-order valence-corrected chi connectivity index (χ2v) is 8.42. The highest BCUT2D eigenvalue weighted by atomic mass is 35.5. The maximum Gasteiger partial charge on any atom is 0.262 e. The summed E-state index contributed by atoms with van der Waals surface area (Å²) < 4.78 is 7.02. The van der Waals surface area contributed by atoms with E-state index in [9.17, 15) is 9.90 Å². The molecular weight excluding hydrogens is 420 g/mol. The summed E-state index contributed by atoms with van der Waals surface area (Å²) in [5.41, 5.74) is 3.70. The van der Waals surface area contributed by atoms with Crippen LogP contribution in [0.5, 0.6) is 0 Å². The van der Waals surface area contributed by atoms with Crippen molar-refractivity contribution in [2.45, 2.75) is 26.2 Å². The first-order chi connectivity index (χ1) is 14.5. The standard InChI is InChI=1S/C23H21ClN2O3S/c1-15-6-8-16(9-7-15)19-13-30-22-21(19)23(28)26(14-25-22)10-18(27)12-29-11-17-4-2-3-5-20(17)24/h2-9,13-14,18,27H,10-12H2,1H3. The summed E-state index contributed by atoms with van der Waals surface area (Å²) in [4.78, 5) is 18.2. The third kappa shape index (κ3) is 4.47. The lowest BCUT2D eigenvalue weighted by molar-refractivity contribution is 0.0199. The maximum absolute atomic E-state index is 13.1. The molecule has 0 saturated heterocycles. The Kier molecular flexibility index (Phi) is 6.29. The van der Waals surface area contributed by atoms with E-state index in [0.717, 1.165) is 22.3 Å². The van der Waals surface area contributed by atoms with Crippen LogP contribution in [0.3, 0.4) is 0 Å². The van der Waals surface area contributed by atoms with Crippen molar-refractivity contribution in [3.05, 3.63) is 86.7 Å². The number of hydrogen-bond acceptors (Lipinski definition) is 5. The molecule has 1 N–H and O–H groups in total. The minimum Gasteiger partial charge on any atom is -0.389 e. The average Bonchev–Trinajstić information content (AvgIpc) is 3.17. The predicted octanol–water partition coefficient (Wildman–Crippen LogP) is 4.66. The molecule has 0 aliphatic rings. The Morgan fingerprint density at radius 1 is 1.20 bits per heavy atom. The fourth-order valence-electron chi connectivity index (χ4n) is 3.24. The van der Waals surface area contributed by atoms with Crippen LogP contribution in [0.1, 0.15) is 11.1 Å². The quantitative estimate of drug-likeness (QED) is 0.453. The van der Waals surface area contributed by atoms with Gasteiger partial charge in [0, 0.05) is 16.0 Å². The van der Waals surface area contributed by atoms with E-state index in [-0.39, 0.29) is 18.7 Å². The summed E-state index contributed by atoms with van der Waals surface area (Å²) in [6, 6.07) is 15.5. The number of aryl methyl sites for hydroxylation is 1. The normalized spacial score (nSPS) is 12.4. The van der Waals surface area contributed by atoms with Gasteiger partial charge >= 0.3 is 0 Å². The lowest BCUT2D eigenvalue weighted by atomic mass is 10.1. The first-order valence-corrected chi connectivity index (χ1v) is 10.8. The van der Waals surface area contributed by atoms with Gasteiger partial charge in [-0.1, -0.05) is 59.6 Å². The van der Waals surface area contributed by atoms with Crippen molar-refractivity contribution in [2.24, 2.45) is 0 Å². The first-order valence-electron chi connectivity index (χ1n) is 9.56. The van der Waals surface area contributed by atoms with E-state index in [4.69, 9.17) is 16.3 Å². The van der Waals surface area contributed by atoms with Gasteiger partial charge in [0.2, 0.25) is 0 Å². The van der Waals surface area contributed by atoms with Crippen LogP contribution < -0.4 is 5.56 Å². The second kappa shape index (κ2) is 9.10. The van der Waals surface area contributed by atoms with Crippen LogP contribution in [-0.4, -0.2) is 27.4 Å². The van der Waals surface area contributed by atoms with Crippen molar-refractivity contribution in [2.75, 3.05) is 6.61 Å². The van der Waals surface area contributed by atoms with Gasteiger partial charge in [0.1, 0.15) is 4.83 Å². The van der Waals surface area contributed by atoms with Gasteiger partial charge in [-0.05, 0) is 24.1 Å². The molecule has 7 heteroatoms. The predicted molar refractivity (Wildman–Crippen MR) is 121 cm³/mol. The molecule has 2 aromatic heterocycles. The highest BCUT2D eigenvalue weighted by Gasteiger charge is 2.15. The van der Waals surface area contributed by atoms with Gasteiger partial charge in [-0.3, -0.25) is 9.36 Å². The number of benzene rings is 2. The smallest absolute Gasteiger partial charge is 0.262 e. The number of nitrogens with zero attached hydrogens (tertiary/aromatic N) is 2. The molecule has 0 saturated carbocycles. The number of aliphatic hydroxyl groups is 1. The Morgan fingerprint density at radius 3 is 2.73 bits per heavy atom. The third-order valence-corrected chi connectivity index (χ3v) is 6.11. The van der Waals surface area contributed by atoms with Gasteiger partial charge < -0.3 is 9.84 Å². The number of thiophene rings is 1. The van der Waals surface area contributed by atoms with E-state index in [1.54, 1.807) is 6.07 Å². The van der Waals surface area contributed by atoms with Gasteiger partial charge in [-0.2, -0.15) is 0 Å². The number of hydrogen-bond donors (Lipinski definition) is 1. The molecule has 2 aromatic carbocycles. The zero-order valence-electron chi connectivity index (χ0n) is 16.4. The molecule has 5 nitrogen and oxygen atoms in total. The number of ether oxygens (including phenoxy) is 1. The van der Waals surface area contributed by atoms with Crippen molar-refractivity contribution in [3.63, 3.8) is 0 Å². The van der Waals surface area contributed by atoms with Crippen LogP contribution in [0.25, 0.3) is 21.3 Å². The number of fused-ring (bicyclic) bond motifs is 1. The van der Waals surface area contributed by atoms with E-state index in [2.05, 4.69) is 4.98 Å². The minimum absolute atomic E-state index is 0.0875. The molecule has 0 radical (unpaired) electrons. The Balaban J connectivity index is 1.49. The molecule has 1 unspecified atom stereocenters. The number of aliphatic hydroxyl groups excluding tert-OH is 1. The van der Waals surface area contributed by atoms with Crippen LogP contribution in [-0.2, 0) is 17.9 Å². The number of rotatable bonds is 7.